The molecule has 1 aliphatic rings. The maximum absolute atomic E-state index is 13.4. The van der Waals surface area contributed by atoms with Gasteiger partial charge in [-0.15, -0.1) is 0 Å². The summed E-state index contributed by atoms with van der Waals surface area (Å²) in [4.78, 5) is 0. The number of halogens is 4. The van der Waals surface area contributed by atoms with Gasteiger partial charge in [-0.1, -0.05) is 30.3 Å². The van der Waals surface area contributed by atoms with Gasteiger partial charge in [0, 0.05) is 12.0 Å². The van der Waals surface area contributed by atoms with Crippen molar-refractivity contribution >= 4 is 10.1 Å². The minimum atomic E-state index is -4.56. The molecule has 3 rings (SSSR count). The molecule has 4 nitrogen and oxygen atoms in total. The quantitative estimate of drug-likeness (QED) is 0.527. The van der Waals surface area contributed by atoms with Crippen LogP contribution in [0.2, 0.25) is 0 Å². The monoisotopic (exact) mass is 431 g/mol. The predicted molar refractivity (Wildman–Crippen MR) is 101 cm³/mol. The van der Waals surface area contributed by atoms with Gasteiger partial charge in [0.1, 0.15) is 11.1 Å². The maximum Gasteiger partial charge on any atom is 0.416 e. The van der Waals surface area contributed by atoms with Crippen LogP contribution in [0, 0.1) is 5.82 Å². The van der Waals surface area contributed by atoms with Crippen molar-refractivity contribution in [2.75, 3.05) is 6.54 Å². The van der Waals surface area contributed by atoms with Gasteiger partial charge < -0.3 is 5.32 Å². The highest BCUT2D eigenvalue weighted by molar-refractivity contribution is 7.86. The molecule has 2 aromatic rings. The molecule has 0 unspecified atom stereocenters. The zero-order valence-electron chi connectivity index (χ0n) is 15.4. The highest BCUT2D eigenvalue weighted by Crippen LogP contribution is 2.36. The van der Waals surface area contributed by atoms with Gasteiger partial charge in [0.15, 0.2) is 0 Å². The molecule has 0 radical (unpaired) electrons. The van der Waals surface area contributed by atoms with E-state index in [2.05, 4.69) is 5.32 Å². The van der Waals surface area contributed by atoms with Crippen LogP contribution in [0.15, 0.2) is 48.5 Å². The number of hydrogen-bond acceptors (Lipinski definition) is 3. The molecule has 0 saturated carbocycles. The Morgan fingerprint density at radius 2 is 1.79 bits per heavy atom. The van der Waals surface area contributed by atoms with E-state index in [0.717, 1.165) is 18.6 Å². The summed E-state index contributed by atoms with van der Waals surface area (Å²) < 4.78 is 86.9. The molecular formula is C20H21F4NO3S. The Hall–Kier alpha value is -1.97. The van der Waals surface area contributed by atoms with Crippen molar-refractivity contribution in [3.63, 3.8) is 0 Å². The lowest BCUT2D eigenvalue weighted by Gasteiger charge is -2.27. The molecule has 0 bridgehead atoms. The average molecular weight is 431 g/mol. The maximum atomic E-state index is 13.4. The van der Waals surface area contributed by atoms with Crippen LogP contribution in [0.5, 0.6) is 0 Å². The molecular weight excluding hydrogens is 410 g/mol. The largest absolute Gasteiger partial charge is 0.416 e. The molecule has 2 N–H and O–H groups in total. The van der Waals surface area contributed by atoms with Crippen LogP contribution in [0.4, 0.5) is 17.6 Å². The van der Waals surface area contributed by atoms with Crippen molar-refractivity contribution in [2.24, 2.45) is 0 Å². The number of hydrogen-bond donors (Lipinski definition) is 2. The minimum Gasteiger partial charge on any atom is -0.313 e. The zero-order valence-corrected chi connectivity index (χ0v) is 16.2. The van der Waals surface area contributed by atoms with Gasteiger partial charge in [-0.3, -0.25) is 4.55 Å². The van der Waals surface area contributed by atoms with Gasteiger partial charge >= 0.3 is 6.18 Å². The van der Waals surface area contributed by atoms with Gasteiger partial charge in [-0.25, -0.2) is 4.39 Å². The number of nitrogens with one attached hydrogen (secondary N) is 1. The first-order chi connectivity index (χ1) is 13.6. The SMILES string of the molecule is O=S(=O)(O)[C@H](C[C@@H](c1ccc(F)cc1)c1cccc(C(F)(F)F)c1)[C@H]1CCCN1. The Morgan fingerprint density at radius 1 is 1.10 bits per heavy atom. The van der Waals surface area contributed by atoms with E-state index in [1.807, 2.05) is 0 Å². The second kappa shape index (κ2) is 8.41. The lowest BCUT2D eigenvalue weighted by atomic mass is 9.85. The minimum absolute atomic E-state index is 0.135. The van der Waals surface area contributed by atoms with Crippen molar-refractivity contribution < 1.29 is 30.5 Å². The molecule has 1 heterocycles. The average Bonchev–Trinajstić information content (AvgIpc) is 3.16. The van der Waals surface area contributed by atoms with Gasteiger partial charge in [-0.2, -0.15) is 21.6 Å². The second-order valence-corrected chi connectivity index (χ2v) is 8.85. The first kappa shape index (κ1) is 21.7. The lowest BCUT2D eigenvalue weighted by Crippen LogP contribution is -2.41. The zero-order chi connectivity index (χ0) is 21.2. The van der Waals surface area contributed by atoms with E-state index in [-0.39, 0.29) is 12.0 Å². The first-order valence-corrected chi connectivity index (χ1v) is 10.7. The first-order valence-electron chi connectivity index (χ1n) is 9.18. The van der Waals surface area contributed by atoms with Crippen molar-refractivity contribution in [2.45, 2.75) is 42.6 Å². The van der Waals surface area contributed by atoms with Crippen LogP contribution in [0.1, 0.15) is 41.9 Å². The van der Waals surface area contributed by atoms with Crippen molar-refractivity contribution in [3.8, 4) is 0 Å². The van der Waals surface area contributed by atoms with Crippen molar-refractivity contribution in [3.05, 3.63) is 71.0 Å². The molecule has 2 aromatic carbocycles. The molecule has 1 fully saturated rings. The summed E-state index contributed by atoms with van der Waals surface area (Å²) >= 11 is 0. The van der Waals surface area contributed by atoms with Crippen molar-refractivity contribution in [1.29, 1.82) is 0 Å². The van der Waals surface area contributed by atoms with Crippen LogP contribution in [0.25, 0.3) is 0 Å². The van der Waals surface area contributed by atoms with Crippen LogP contribution >= 0.6 is 0 Å². The van der Waals surface area contributed by atoms with E-state index in [0.29, 0.717) is 18.5 Å². The molecule has 158 valence electrons. The third-order valence-corrected chi connectivity index (χ3v) is 6.57. The molecule has 9 heteroatoms. The summed E-state index contributed by atoms with van der Waals surface area (Å²) in [7, 11) is -4.46. The molecule has 0 spiro atoms. The third kappa shape index (κ3) is 5.34. The summed E-state index contributed by atoms with van der Waals surface area (Å²) in [5, 5.41) is 1.84. The Morgan fingerprint density at radius 3 is 2.34 bits per heavy atom. The molecule has 1 aliphatic heterocycles. The van der Waals surface area contributed by atoms with Gasteiger partial charge in [0.2, 0.25) is 0 Å². The fraction of sp³-hybridized carbons (Fsp3) is 0.400. The molecule has 29 heavy (non-hydrogen) atoms. The van der Waals surface area contributed by atoms with Crippen LogP contribution in [-0.4, -0.2) is 30.8 Å². The van der Waals surface area contributed by atoms with E-state index < -0.39 is 44.9 Å². The van der Waals surface area contributed by atoms with E-state index in [4.69, 9.17) is 0 Å². The Kier molecular flexibility index (Phi) is 6.30. The molecule has 0 aromatic heterocycles. The van der Waals surface area contributed by atoms with E-state index in [1.165, 1.54) is 36.4 Å². The topological polar surface area (TPSA) is 66.4 Å². The van der Waals surface area contributed by atoms with Crippen LogP contribution in [0.3, 0.4) is 0 Å². The highest BCUT2D eigenvalue weighted by Gasteiger charge is 2.37. The summed E-state index contributed by atoms with van der Waals surface area (Å²) in [5.41, 5.74) is -0.139. The molecule has 0 amide bonds. The fourth-order valence-electron chi connectivity index (χ4n) is 3.85. The second-order valence-electron chi connectivity index (χ2n) is 7.22. The summed E-state index contributed by atoms with van der Waals surface area (Å²) in [6.07, 6.45) is -3.42. The Balaban J connectivity index is 2.05. The fourth-order valence-corrected chi connectivity index (χ4v) is 4.93. The molecule has 0 aliphatic carbocycles. The summed E-state index contributed by atoms with van der Waals surface area (Å²) in [5.74, 6) is -1.28. The van der Waals surface area contributed by atoms with Crippen LogP contribution < -0.4 is 5.32 Å². The Labute approximate surface area is 166 Å². The normalized spacial score (nSPS) is 19.8. The van der Waals surface area contributed by atoms with E-state index >= 15 is 0 Å². The van der Waals surface area contributed by atoms with Gasteiger partial charge in [0.25, 0.3) is 10.1 Å². The predicted octanol–water partition coefficient (Wildman–Crippen LogP) is 4.37. The smallest absolute Gasteiger partial charge is 0.313 e. The standard InChI is InChI=1S/C20H21F4NO3S/c21-16-8-6-13(7-9-16)17(14-3-1-4-15(11-14)20(22,23)24)12-19(29(26,27)28)18-5-2-10-25-18/h1,3-4,6-9,11,17-19,25H,2,5,10,12H2,(H,26,27,28)/t17-,18+,19+/m0/s1. The number of benzene rings is 2. The van der Waals surface area contributed by atoms with E-state index in [1.54, 1.807) is 0 Å². The third-order valence-electron chi connectivity index (χ3n) is 5.29. The summed E-state index contributed by atoms with van der Waals surface area (Å²) in [6.45, 7) is 0.599. The number of rotatable bonds is 6. The van der Waals surface area contributed by atoms with Gasteiger partial charge in [0.05, 0.1) is 5.56 Å². The molecule has 3 atom stereocenters. The van der Waals surface area contributed by atoms with Gasteiger partial charge in [-0.05, 0) is 55.1 Å². The lowest BCUT2D eigenvalue weighted by molar-refractivity contribution is -0.137. The van der Waals surface area contributed by atoms with E-state index in [9.17, 15) is 30.5 Å². The number of alkyl halides is 3. The van der Waals surface area contributed by atoms with Crippen LogP contribution in [-0.2, 0) is 16.3 Å². The Bertz CT molecular complexity index is 939. The highest BCUT2D eigenvalue weighted by atomic mass is 32.2. The molecule has 1 saturated heterocycles. The van der Waals surface area contributed by atoms with Crippen molar-refractivity contribution in [1.82, 2.24) is 5.32 Å². The summed E-state index contributed by atoms with van der Waals surface area (Å²) in [6, 6.07) is 9.32.